The fourth-order valence-electron chi connectivity index (χ4n) is 3.76. The highest BCUT2D eigenvalue weighted by Gasteiger charge is 2.27. The van der Waals surface area contributed by atoms with Crippen LogP contribution in [0.2, 0.25) is 5.02 Å². The number of hydrogen-bond donors (Lipinski definition) is 1. The van der Waals surface area contributed by atoms with Gasteiger partial charge in [0.05, 0.1) is 9.95 Å². The third-order valence-corrected chi connectivity index (χ3v) is 5.97. The Hall–Kier alpha value is -3.23. The molecule has 3 aromatic rings. The van der Waals surface area contributed by atoms with Crippen molar-refractivity contribution in [3.63, 3.8) is 0 Å². The number of fused-ring (bicyclic) bond motifs is 1. The molecule has 1 fully saturated rings. The van der Waals surface area contributed by atoms with Crippen LogP contribution in [0.4, 0.5) is 11.4 Å². The van der Waals surface area contributed by atoms with Gasteiger partial charge >= 0.3 is 0 Å². The van der Waals surface area contributed by atoms with Crippen LogP contribution in [-0.4, -0.2) is 47.0 Å². The molecule has 9 heteroatoms. The summed E-state index contributed by atoms with van der Waals surface area (Å²) in [7, 11) is 0. The Morgan fingerprint density at radius 3 is 2.42 bits per heavy atom. The van der Waals surface area contributed by atoms with Crippen LogP contribution in [-0.2, 0) is 0 Å². The van der Waals surface area contributed by atoms with E-state index in [0.29, 0.717) is 47.6 Å². The van der Waals surface area contributed by atoms with Gasteiger partial charge < -0.3 is 9.80 Å². The molecule has 3 aromatic carbocycles. The number of hydrogen-bond acceptors (Lipinski definition) is 5. The zero-order chi connectivity index (χ0) is 22.0. The van der Waals surface area contributed by atoms with Crippen LogP contribution >= 0.6 is 23.8 Å². The molecule has 0 atom stereocenters. The molecule has 1 N–H and O–H groups in total. The van der Waals surface area contributed by atoms with Gasteiger partial charge in [-0.15, -0.1) is 0 Å². The maximum atomic E-state index is 12.8. The minimum Gasteiger partial charge on any atom is -0.361 e. The van der Waals surface area contributed by atoms with Gasteiger partial charge in [0, 0.05) is 37.8 Å². The van der Waals surface area contributed by atoms with Gasteiger partial charge in [-0.25, -0.2) is 0 Å². The zero-order valence-corrected chi connectivity index (χ0v) is 18.0. The molecule has 0 aromatic heterocycles. The summed E-state index contributed by atoms with van der Waals surface area (Å²) < 4.78 is 0. The number of halogens is 1. The SMILES string of the molecule is O=C(NC(=S)N1CCN(c2c(Cl)cccc2[N+](=O)[O-])CC1)c1cccc2ccccc12. The average Bonchev–Trinajstić information content (AvgIpc) is 2.78. The summed E-state index contributed by atoms with van der Waals surface area (Å²) in [6, 6.07) is 17.9. The van der Waals surface area contributed by atoms with Crippen LogP contribution in [0.3, 0.4) is 0 Å². The molecule has 0 saturated carbocycles. The summed E-state index contributed by atoms with van der Waals surface area (Å²) in [5.74, 6) is -0.258. The van der Waals surface area contributed by atoms with Crippen LogP contribution in [0.1, 0.15) is 10.4 Å². The first-order valence-corrected chi connectivity index (χ1v) is 10.5. The second-order valence-corrected chi connectivity index (χ2v) is 7.92. The highest BCUT2D eigenvalue weighted by Crippen LogP contribution is 2.35. The van der Waals surface area contributed by atoms with E-state index in [1.54, 1.807) is 18.2 Å². The molecule has 1 heterocycles. The summed E-state index contributed by atoms with van der Waals surface area (Å²) in [6.07, 6.45) is 0. The van der Waals surface area contributed by atoms with Gasteiger partial charge in [-0.1, -0.05) is 54.1 Å². The van der Waals surface area contributed by atoms with Crippen molar-refractivity contribution in [3.05, 3.63) is 81.4 Å². The van der Waals surface area contributed by atoms with E-state index in [1.165, 1.54) is 6.07 Å². The number of nitrogens with one attached hydrogen (secondary N) is 1. The second-order valence-electron chi connectivity index (χ2n) is 7.12. The number of nitro groups is 1. The lowest BCUT2D eigenvalue weighted by Gasteiger charge is -2.37. The van der Waals surface area contributed by atoms with Crippen molar-refractivity contribution in [2.45, 2.75) is 0 Å². The van der Waals surface area contributed by atoms with Crippen LogP contribution in [0, 0.1) is 10.1 Å². The number of nitrogens with zero attached hydrogens (tertiary/aromatic N) is 3. The lowest BCUT2D eigenvalue weighted by molar-refractivity contribution is -0.384. The van der Waals surface area contributed by atoms with Gasteiger partial charge in [-0.05, 0) is 35.1 Å². The molecule has 1 aliphatic heterocycles. The number of carbonyl (C=O) groups excluding carboxylic acids is 1. The molecule has 158 valence electrons. The first-order valence-electron chi connectivity index (χ1n) is 9.71. The molecule has 1 amide bonds. The Balaban J connectivity index is 1.43. The summed E-state index contributed by atoms with van der Waals surface area (Å²) in [5.41, 5.74) is 0.957. The minimum atomic E-state index is -0.428. The van der Waals surface area contributed by atoms with E-state index in [4.69, 9.17) is 23.8 Å². The fraction of sp³-hybridized carbons (Fsp3) is 0.182. The third kappa shape index (κ3) is 4.30. The van der Waals surface area contributed by atoms with Crippen molar-refractivity contribution in [2.75, 3.05) is 31.1 Å². The van der Waals surface area contributed by atoms with Crippen molar-refractivity contribution in [1.82, 2.24) is 10.2 Å². The Morgan fingerprint density at radius 1 is 1.00 bits per heavy atom. The van der Waals surface area contributed by atoms with E-state index < -0.39 is 4.92 Å². The number of rotatable bonds is 3. The predicted molar refractivity (Wildman–Crippen MR) is 126 cm³/mol. The summed E-state index contributed by atoms with van der Waals surface area (Å²) in [5, 5.41) is 16.7. The van der Waals surface area contributed by atoms with Gasteiger partial charge in [0.1, 0.15) is 5.69 Å². The smallest absolute Gasteiger partial charge is 0.294 e. The van der Waals surface area contributed by atoms with Crippen LogP contribution in [0.15, 0.2) is 60.7 Å². The van der Waals surface area contributed by atoms with Gasteiger partial charge in [-0.2, -0.15) is 0 Å². The van der Waals surface area contributed by atoms with Crippen molar-refractivity contribution in [1.29, 1.82) is 0 Å². The number of piperazine rings is 1. The lowest BCUT2D eigenvalue weighted by atomic mass is 10.0. The molecule has 0 unspecified atom stereocenters. The first-order chi connectivity index (χ1) is 15.0. The fourth-order valence-corrected chi connectivity index (χ4v) is 4.33. The number of amides is 1. The first kappa shape index (κ1) is 21.0. The molecule has 0 spiro atoms. The topological polar surface area (TPSA) is 78.7 Å². The monoisotopic (exact) mass is 454 g/mol. The summed E-state index contributed by atoms with van der Waals surface area (Å²) >= 11 is 11.7. The molecule has 0 bridgehead atoms. The molecular weight excluding hydrogens is 436 g/mol. The molecule has 31 heavy (non-hydrogen) atoms. The predicted octanol–water partition coefficient (Wildman–Crippen LogP) is 4.24. The quantitative estimate of drug-likeness (QED) is 0.362. The minimum absolute atomic E-state index is 0.0206. The molecule has 0 aliphatic carbocycles. The maximum Gasteiger partial charge on any atom is 0.294 e. The standard InChI is InChI=1S/C22H19ClN4O3S/c23-18-9-4-10-19(27(29)30)20(18)25-11-13-26(14-12-25)22(31)24-21(28)17-8-3-6-15-5-1-2-7-16(15)17/h1-10H,11-14H2,(H,24,28,31). The summed E-state index contributed by atoms with van der Waals surface area (Å²) in [6.45, 7) is 2.01. The lowest BCUT2D eigenvalue weighted by Crippen LogP contribution is -2.52. The summed E-state index contributed by atoms with van der Waals surface area (Å²) in [4.78, 5) is 27.6. The van der Waals surface area contributed by atoms with Crippen molar-refractivity contribution in [3.8, 4) is 0 Å². The Bertz CT molecular complexity index is 1170. The van der Waals surface area contributed by atoms with Gasteiger partial charge in [0.25, 0.3) is 11.6 Å². The Morgan fingerprint density at radius 2 is 1.68 bits per heavy atom. The molecule has 1 aliphatic rings. The Labute approximate surface area is 189 Å². The number of nitro benzene ring substituents is 1. The Kier molecular flexibility index (Phi) is 6.01. The van der Waals surface area contributed by atoms with Crippen LogP contribution in [0.5, 0.6) is 0 Å². The normalized spacial score (nSPS) is 13.8. The molecule has 1 saturated heterocycles. The number of carbonyl (C=O) groups is 1. The van der Waals surface area contributed by atoms with Crippen molar-refractivity contribution < 1.29 is 9.72 Å². The van der Waals surface area contributed by atoms with E-state index >= 15 is 0 Å². The highest BCUT2D eigenvalue weighted by molar-refractivity contribution is 7.80. The third-order valence-electron chi connectivity index (χ3n) is 5.30. The number of thiocarbonyl (C=S) groups is 1. The molecular formula is C22H19ClN4O3S. The highest BCUT2D eigenvalue weighted by atomic mass is 35.5. The average molecular weight is 455 g/mol. The largest absolute Gasteiger partial charge is 0.361 e. The van der Waals surface area contributed by atoms with Gasteiger partial charge in [0.15, 0.2) is 5.11 Å². The van der Waals surface area contributed by atoms with E-state index in [2.05, 4.69) is 5.32 Å². The van der Waals surface area contributed by atoms with Crippen LogP contribution < -0.4 is 10.2 Å². The van der Waals surface area contributed by atoms with Crippen molar-refractivity contribution >= 4 is 57.0 Å². The van der Waals surface area contributed by atoms with E-state index in [1.807, 2.05) is 46.2 Å². The van der Waals surface area contributed by atoms with E-state index in [-0.39, 0.29) is 11.6 Å². The zero-order valence-electron chi connectivity index (χ0n) is 16.5. The van der Waals surface area contributed by atoms with E-state index in [9.17, 15) is 14.9 Å². The number of anilines is 1. The van der Waals surface area contributed by atoms with E-state index in [0.717, 1.165) is 10.8 Å². The van der Waals surface area contributed by atoms with Crippen LogP contribution in [0.25, 0.3) is 10.8 Å². The molecule has 4 rings (SSSR count). The number of para-hydroxylation sites is 1. The number of benzene rings is 3. The van der Waals surface area contributed by atoms with Crippen molar-refractivity contribution in [2.24, 2.45) is 0 Å². The second kappa shape index (κ2) is 8.87. The maximum absolute atomic E-state index is 12.8. The molecule has 0 radical (unpaired) electrons. The van der Waals surface area contributed by atoms with Gasteiger partial charge in [0.2, 0.25) is 0 Å². The molecule has 7 nitrogen and oxygen atoms in total. The van der Waals surface area contributed by atoms with Gasteiger partial charge in [-0.3, -0.25) is 20.2 Å².